The summed E-state index contributed by atoms with van der Waals surface area (Å²) in [5, 5.41) is 7.59. The summed E-state index contributed by atoms with van der Waals surface area (Å²) in [5.74, 6) is 0. The number of nitrogens with one attached hydrogen (secondary N) is 1. The minimum atomic E-state index is -3.26. The third kappa shape index (κ3) is 4.06. The Morgan fingerprint density at radius 3 is 2.62 bits per heavy atom. The van der Waals surface area contributed by atoms with Crippen molar-refractivity contribution in [1.29, 1.82) is 0 Å². The minimum Gasteiger partial charge on any atom is -0.383 e. The Balaban J connectivity index is 3.32. The number of sulfone groups is 1. The number of hydrogen-bond acceptors (Lipinski definition) is 5. The van der Waals surface area contributed by atoms with Gasteiger partial charge in [-0.25, -0.2) is 8.42 Å². The lowest BCUT2D eigenvalue weighted by molar-refractivity contribution is 0.181. The van der Waals surface area contributed by atoms with Gasteiger partial charge in [-0.2, -0.15) is 5.10 Å². The van der Waals surface area contributed by atoms with E-state index in [1.54, 1.807) is 31.8 Å². The highest BCUT2D eigenvalue weighted by Crippen LogP contribution is 2.35. The molecule has 0 radical (unpaired) electrons. The van der Waals surface area contributed by atoms with Crippen LogP contribution in [0.15, 0.2) is 10.7 Å². The molecular weight excluding hydrogens is 358 g/mol. The molecule has 1 rings (SSSR count). The van der Waals surface area contributed by atoms with Gasteiger partial charge in [-0.05, 0) is 36.3 Å². The summed E-state index contributed by atoms with van der Waals surface area (Å²) in [7, 11) is -1.63. The van der Waals surface area contributed by atoms with E-state index in [0.717, 1.165) is 10.2 Å². The molecule has 1 heterocycles. The van der Waals surface area contributed by atoms with Crippen LogP contribution >= 0.6 is 15.9 Å². The SMILES string of the molecule is CCNC(c1c(Br)cnn1CCOC)C(C)(C)S(C)(=O)=O. The summed E-state index contributed by atoms with van der Waals surface area (Å²) in [5.41, 5.74) is 0.823. The number of rotatable bonds is 8. The fourth-order valence-electron chi connectivity index (χ4n) is 2.10. The van der Waals surface area contributed by atoms with Gasteiger partial charge in [-0.15, -0.1) is 0 Å². The van der Waals surface area contributed by atoms with E-state index in [0.29, 0.717) is 19.7 Å². The molecule has 0 aliphatic carbocycles. The molecule has 0 aliphatic heterocycles. The third-order valence-corrected chi connectivity index (χ3v) is 6.43. The summed E-state index contributed by atoms with van der Waals surface area (Å²) in [6.07, 6.45) is 2.95. The van der Waals surface area contributed by atoms with Gasteiger partial charge in [-0.3, -0.25) is 4.68 Å². The highest BCUT2D eigenvalue weighted by molar-refractivity contribution is 9.10. The molecule has 1 N–H and O–H groups in total. The van der Waals surface area contributed by atoms with Crippen LogP contribution in [0.3, 0.4) is 0 Å². The van der Waals surface area contributed by atoms with Gasteiger partial charge in [0.2, 0.25) is 0 Å². The Morgan fingerprint density at radius 1 is 1.52 bits per heavy atom. The standard InChI is InChI=1S/C13H24BrN3O3S/c1-6-15-12(13(2,3)21(5,18)19)11-10(14)9-16-17(11)7-8-20-4/h9,12,15H,6-8H2,1-5H3. The Bertz CT molecular complexity index is 569. The molecule has 0 aromatic carbocycles. The molecule has 0 bridgehead atoms. The maximum atomic E-state index is 12.2. The first-order valence-corrected chi connectivity index (χ1v) is 9.48. The van der Waals surface area contributed by atoms with Crippen LogP contribution in [0.25, 0.3) is 0 Å². The van der Waals surface area contributed by atoms with Gasteiger partial charge >= 0.3 is 0 Å². The van der Waals surface area contributed by atoms with Crippen LogP contribution in [0.4, 0.5) is 0 Å². The van der Waals surface area contributed by atoms with Crippen molar-refractivity contribution in [3.8, 4) is 0 Å². The first kappa shape index (κ1) is 18.6. The number of ether oxygens (including phenoxy) is 1. The molecule has 6 nitrogen and oxygen atoms in total. The maximum absolute atomic E-state index is 12.2. The molecule has 1 aromatic heterocycles. The van der Waals surface area contributed by atoms with Gasteiger partial charge in [0.1, 0.15) is 0 Å². The summed E-state index contributed by atoms with van der Waals surface area (Å²) < 4.78 is 31.1. The Kier molecular flexibility index (Phi) is 6.39. The first-order chi connectivity index (χ1) is 9.66. The van der Waals surface area contributed by atoms with Crippen LogP contribution in [-0.2, 0) is 21.1 Å². The van der Waals surface area contributed by atoms with Gasteiger partial charge in [0.05, 0.1) is 40.3 Å². The van der Waals surface area contributed by atoms with Crippen molar-refractivity contribution in [1.82, 2.24) is 15.1 Å². The van der Waals surface area contributed by atoms with Crippen LogP contribution in [0, 0.1) is 0 Å². The zero-order valence-electron chi connectivity index (χ0n) is 13.2. The number of nitrogens with zero attached hydrogens (tertiary/aromatic N) is 2. The zero-order valence-corrected chi connectivity index (χ0v) is 15.6. The van der Waals surface area contributed by atoms with Gasteiger partial charge in [-0.1, -0.05) is 6.92 Å². The lowest BCUT2D eigenvalue weighted by atomic mass is 9.99. The van der Waals surface area contributed by atoms with Crippen molar-refractivity contribution < 1.29 is 13.2 Å². The molecule has 8 heteroatoms. The van der Waals surface area contributed by atoms with Crippen molar-refractivity contribution >= 4 is 25.8 Å². The van der Waals surface area contributed by atoms with E-state index in [9.17, 15) is 8.42 Å². The number of methoxy groups -OCH3 is 1. The molecule has 1 aromatic rings. The van der Waals surface area contributed by atoms with Crippen LogP contribution in [0.2, 0.25) is 0 Å². The predicted octanol–water partition coefficient (Wildman–Crippen LogP) is 1.77. The largest absolute Gasteiger partial charge is 0.383 e. The number of hydrogen-bond donors (Lipinski definition) is 1. The Labute approximate surface area is 135 Å². The van der Waals surface area contributed by atoms with Gasteiger partial charge in [0.25, 0.3) is 0 Å². The maximum Gasteiger partial charge on any atom is 0.154 e. The fraction of sp³-hybridized carbons (Fsp3) is 0.769. The smallest absolute Gasteiger partial charge is 0.154 e. The Hall–Kier alpha value is -0.440. The predicted molar refractivity (Wildman–Crippen MR) is 87.1 cm³/mol. The van der Waals surface area contributed by atoms with Gasteiger partial charge in [0.15, 0.2) is 9.84 Å². The molecule has 1 unspecified atom stereocenters. The van der Waals surface area contributed by atoms with Crippen molar-refractivity contribution in [3.05, 3.63) is 16.4 Å². The molecule has 1 atom stereocenters. The molecule has 0 fully saturated rings. The second-order valence-electron chi connectivity index (χ2n) is 5.46. The zero-order chi connectivity index (χ0) is 16.3. The summed E-state index contributed by atoms with van der Waals surface area (Å²) in [4.78, 5) is 0. The van der Waals surface area contributed by atoms with Crippen LogP contribution in [0.5, 0.6) is 0 Å². The van der Waals surface area contributed by atoms with Crippen LogP contribution in [0.1, 0.15) is 32.5 Å². The van der Waals surface area contributed by atoms with E-state index in [-0.39, 0.29) is 6.04 Å². The molecule has 0 amide bonds. The average Bonchev–Trinajstić information content (AvgIpc) is 2.73. The Morgan fingerprint density at radius 2 is 2.14 bits per heavy atom. The van der Waals surface area contributed by atoms with E-state index < -0.39 is 14.6 Å². The van der Waals surface area contributed by atoms with E-state index >= 15 is 0 Å². The topological polar surface area (TPSA) is 73.2 Å². The highest BCUT2D eigenvalue weighted by Gasteiger charge is 2.42. The lowest BCUT2D eigenvalue weighted by Gasteiger charge is -2.34. The summed E-state index contributed by atoms with van der Waals surface area (Å²) in [6, 6.07) is -0.369. The molecule has 122 valence electrons. The molecule has 21 heavy (non-hydrogen) atoms. The first-order valence-electron chi connectivity index (χ1n) is 6.80. The monoisotopic (exact) mass is 381 g/mol. The van der Waals surface area contributed by atoms with Gasteiger partial charge < -0.3 is 10.1 Å². The average molecular weight is 382 g/mol. The summed E-state index contributed by atoms with van der Waals surface area (Å²) in [6.45, 7) is 7.16. The molecule has 0 saturated heterocycles. The van der Waals surface area contributed by atoms with Gasteiger partial charge in [0, 0.05) is 13.4 Å². The van der Waals surface area contributed by atoms with E-state index in [2.05, 4.69) is 26.3 Å². The van der Waals surface area contributed by atoms with Crippen molar-refractivity contribution in [2.75, 3.05) is 26.5 Å². The molecule has 0 saturated carbocycles. The van der Waals surface area contributed by atoms with Crippen molar-refractivity contribution in [2.45, 2.75) is 38.1 Å². The van der Waals surface area contributed by atoms with Crippen molar-refractivity contribution in [2.24, 2.45) is 0 Å². The second-order valence-corrected chi connectivity index (χ2v) is 8.91. The normalized spacial score (nSPS) is 14.4. The third-order valence-electron chi connectivity index (χ3n) is 3.67. The fourth-order valence-corrected chi connectivity index (χ4v) is 3.25. The van der Waals surface area contributed by atoms with Crippen LogP contribution in [-0.4, -0.2) is 49.5 Å². The van der Waals surface area contributed by atoms with Crippen LogP contribution < -0.4 is 5.32 Å². The minimum absolute atomic E-state index is 0.369. The summed E-state index contributed by atoms with van der Waals surface area (Å²) >= 11 is 3.48. The number of aromatic nitrogens is 2. The highest BCUT2D eigenvalue weighted by atomic mass is 79.9. The molecule has 0 spiro atoms. The molecule has 0 aliphatic rings. The van der Waals surface area contributed by atoms with E-state index in [1.165, 1.54) is 6.26 Å². The lowest BCUT2D eigenvalue weighted by Crippen LogP contribution is -2.46. The van der Waals surface area contributed by atoms with E-state index in [1.807, 2.05) is 6.92 Å². The number of halogens is 1. The quantitative estimate of drug-likeness (QED) is 0.742. The second kappa shape index (κ2) is 7.21. The molecular formula is C13H24BrN3O3S. The van der Waals surface area contributed by atoms with E-state index in [4.69, 9.17) is 4.74 Å². The van der Waals surface area contributed by atoms with Crippen molar-refractivity contribution in [3.63, 3.8) is 0 Å².